The van der Waals surface area contributed by atoms with Crippen molar-refractivity contribution in [3.63, 3.8) is 0 Å². The first-order chi connectivity index (χ1) is 11.7. The molecule has 0 aliphatic rings. The topological polar surface area (TPSA) is 70.2 Å². The summed E-state index contributed by atoms with van der Waals surface area (Å²) in [5.74, 6) is -0.273. The van der Waals surface area contributed by atoms with Gasteiger partial charge in [0.25, 0.3) is 0 Å². The second-order valence-electron chi connectivity index (χ2n) is 5.07. The van der Waals surface area contributed by atoms with Gasteiger partial charge in [-0.05, 0) is 35.9 Å². The summed E-state index contributed by atoms with van der Waals surface area (Å²) < 4.78 is 1.81. The number of imidazole rings is 1. The van der Waals surface area contributed by atoms with Crippen molar-refractivity contribution in [3.8, 4) is 6.07 Å². The number of pyridine rings is 1. The maximum Gasteiger partial charge on any atom is 0.248 e. The van der Waals surface area contributed by atoms with Crippen LogP contribution in [-0.4, -0.2) is 15.3 Å². The first-order valence-electron chi connectivity index (χ1n) is 7.25. The molecule has 3 aromatic rings. The molecule has 118 valence electrons. The van der Waals surface area contributed by atoms with Gasteiger partial charge in [-0.25, -0.2) is 4.98 Å². The second kappa shape index (κ2) is 6.99. The molecule has 3 rings (SSSR count). The van der Waals surface area contributed by atoms with E-state index in [1.54, 1.807) is 18.2 Å². The molecule has 5 nitrogen and oxygen atoms in total. The number of carbonyl (C=O) groups excluding carboxylic acids is 1. The van der Waals surface area contributed by atoms with Gasteiger partial charge in [-0.3, -0.25) is 9.20 Å². The molecular formula is C18H13ClN4O. The van der Waals surface area contributed by atoms with Gasteiger partial charge in [0.1, 0.15) is 5.65 Å². The lowest BCUT2D eigenvalue weighted by Crippen LogP contribution is -2.07. The number of nitrogens with one attached hydrogen (secondary N) is 1. The van der Waals surface area contributed by atoms with Gasteiger partial charge < -0.3 is 5.32 Å². The zero-order valence-electron chi connectivity index (χ0n) is 12.6. The predicted octanol–water partition coefficient (Wildman–Crippen LogP) is 3.71. The smallest absolute Gasteiger partial charge is 0.248 e. The molecule has 0 saturated heterocycles. The lowest BCUT2D eigenvalue weighted by molar-refractivity contribution is -0.111. The zero-order chi connectivity index (χ0) is 16.9. The number of amides is 1. The normalized spacial score (nSPS) is 10.8. The van der Waals surface area contributed by atoms with E-state index in [0.29, 0.717) is 23.0 Å². The Labute approximate surface area is 143 Å². The third kappa shape index (κ3) is 3.45. The fourth-order valence-electron chi connectivity index (χ4n) is 2.27. The monoisotopic (exact) mass is 336 g/mol. The highest BCUT2D eigenvalue weighted by atomic mass is 35.5. The van der Waals surface area contributed by atoms with Crippen molar-refractivity contribution in [2.45, 2.75) is 6.42 Å². The van der Waals surface area contributed by atoms with E-state index in [9.17, 15) is 4.79 Å². The van der Waals surface area contributed by atoms with E-state index in [4.69, 9.17) is 16.9 Å². The number of nitriles is 1. The summed E-state index contributed by atoms with van der Waals surface area (Å²) in [6.45, 7) is 0. The van der Waals surface area contributed by atoms with Crippen molar-refractivity contribution >= 4 is 34.9 Å². The molecule has 0 unspecified atom stereocenters. The number of benzene rings is 1. The third-order valence-corrected chi connectivity index (χ3v) is 3.70. The van der Waals surface area contributed by atoms with Gasteiger partial charge in [-0.15, -0.1) is 0 Å². The maximum absolute atomic E-state index is 12.0. The lowest BCUT2D eigenvalue weighted by atomic mass is 10.1. The second-order valence-corrected chi connectivity index (χ2v) is 5.43. The largest absolute Gasteiger partial charge is 0.323 e. The Morgan fingerprint density at radius 3 is 2.83 bits per heavy atom. The van der Waals surface area contributed by atoms with E-state index in [-0.39, 0.29) is 5.91 Å². The van der Waals surface area contributed by atoms with Crippen LogP contribution in [0, 0.1) is 11.3 Å². The molecule has 0 atom stereocenters. The number of fused-ring (bicyclic) bond motifs is 1. The van der Waals surface area contributed by atoms with Crippen molar-refractivity contribution in [2.75, 3.05) is 5.32 Å². The SMILES string of the molecule is N#CCc1ccc(NC(=O)/C=C/c2c(Cl)nc3ccccn23)cc1. The van der Waals surface area contributed by atoms with Crippen LogP contribution < -0.4 is 5.32 Å². The summed E-state index contributed by atoms with van der Waals surface area (Å²) in [6, 6.07) is 14.8. The molecule has 0 saturated carbocycles. The van der Waals surface area contributed by atoms with Crippen LogP contribution in [0.15, 0.2) is 54.7 Å². The molecule has 6 heteroatoms. The van der Waals surface area contributed by atoms with Crippen LogP contribution in [0.3, 0.4) is 0 Å². The van der Waals surface area contributed by atoms with Gasteiger partial charge in [0.05, 0.1) is 18.2 Å². The zero-order valence-corrected chi connectivity index (χ0v) is 13.4. The Morgan fingerprint density at radius 1 is 1.29 bits per heavy atom. The molecule has 1 N–H and O–H groups in total. The van der Waals surface area contributed by atoms with Gasteiger partial charge in [0, 0.05) is 18.0 Å². The highest BCUT2D eigenvalue weighted by molar-refractivity contribution is 6.31. The van der Waals surface area contributed by atoms with Crippen LogP contribution >= 0.6 is 11.6 Å². The molecule has 24 heavy (non-hydrogen) atoms. The van der Waals surface area contributed by atoms with E-state index >= 15 is 0 Å². The van der Waals surface area contributed by atoms with Gasteiger partial charge >= 0.3 is 0 Å². The highest BCUT2D eigenvalue weighted by Crippen LogP contribution is 2.19. The van der Waals surface area contributed by atoms with Gasteiger partial charge in [0.15, 0.2) is 5.15 Å². The average Bonchev–Trinajstić information content (AvgIpc) is 2.90. The number of hydrogen-bond donors (Lipinski definition) is 1. The maximum atomic E-state index is 12.0. The molecule has 1 amide bonds. The number of aromatic nitrogens is 2. The molecule has 0 aliphatic carbocycles. The van der Waals surface area contributed by atoms with Crippen LogP contribution in [0.1, 0.15) is 11.3 Å². The Bertz CT molecular complexity index is 951. The molecule has 2 heterocycles. The lowest BCUT2D eigenvalue weighted by Gasteiger charge is -2.03. The number of nitrogens with zero attached hydrogens (tertiary/aromatic N) is 3. The summed E-state index contributed by atoms with van der Waals surface area (Å²) in [5, 5.41) is 11.7. The van der Waals surface area contributed by atoms with Crippen LogP contribution in [0.5, 0.6) is 0 Å². The van der Waals surface area contributed by atoms with Crippen molar-refractivity contribution < 1.29 is 4.79 Å². The van der Waals surface area contributed by atoms with Crippen molar-refractivity contribution in [2.24, 2.45) is 0 Å². The summed E-state index contributed by atoms with van der Waals surface area (Å²) in [4.78, 5) is 16.3. The highest BCUT2D eigenvalue weighted by Gasteiger charge is 2.07. The van der Waals surface area contributed by atoms with Crippen molar-refractivity contribution in [1.82, 2.24) is 9.38 Å². The minimum absolute atomic E-state index is 0.273. The molecule has 0 bridgehead atoms. The Balaban J connectivity index is 1.73. The molecule has 0 aliphatic heterocycles. The quantitative estimate of drug-likeness (QED) is 0.738. The summed E-state index contributed by atoms with van der Waals surface area (Å²) in [7, 11) is 0. The van der Waals surface area contributed by atoms with Gasteiger partial charge in [-0.1, -0.05) is 29.8 Å². The molecule has 2 aromatic heterocycles. The minimum atomic E-state index is -0.273. The summed E-state index contributed by atoms with van der Waals surface area (Å²) >= 11 is 6.12. The fraction of sp³-hybridized carbons (Fsp3) is 0.0556. The van der Waals surface area contributed by atoms with Crippen molar-refractivity contribution in [3.05, 3.63) is 71.1 Å². The Kier molecular flexibility index (Phi) is 4.59. The average molecular weight is 337 g/mol. The van der Waals surface area contributed by atoms with E-state index in [1.165, 1.54) is 6.08 Å². The molecule has 0 radical (unpaired) electrons. The number of carbonyl (C=O) groups is 1. The predicted molar refractivity (Wildman–Crippen MR) is 93.6 cm³/mol. The first kappa shape index (κ1) is 15.8. The standard InChI is InChI=1S/C18H13ClN4O/c19-18-15(23-12-2-1-3-16(23)22-18)8-9-17(24)21-14-6-4-13(5-7-14)10-11-20/h1-9,12H,10H2,(H,21,24)/b9-8+. The van der Waals surface area contributed by atoms with E-state index in [1.807, 2.05) is 40.9 Å². The van der Waals surface area contributed by atoms with Crippen LogP contribution in [-0.2, 0) is 11.2 Å². The Morgan fingerprint density at radius 2 is 2.08 bits per heavy atom. The van der Waals surface area contributed by atoms with Crippen molar-refractivity contribution in [1.29, 1.82) is 5.26 Å². The van der Waals surface area contributed by atoms with E-state index in [2.05, 4.69) is 16.4 Å². The molecular weight excluding hydrogens is 324 g/mol. The summed E-state index contributed by atoms with van der Waals surface area (Å²) in [5.41, 5.74) is 2.93. The summed E-state index contributed by atoms with van der Waals surface area (Å²) in [6.07, 6.45) is 5.22. The first-order valence-corrected chi connectivity index (χ1v) is 7.63. The van der Waals surface area contributed by atoms with Crippen LogP contribution in [0.2, 0.25) is 5.15 Å². The fourth-order valence-corrected chi connectivity index (χ4v) is 2.51. The molecule has 0 spiro atoms. The number of rotatable bonds is 4. The Hall–Kier alpha value is -3.10. The number of hydrogen-bond acceptors (Lipinski definition) is 3. The molecule has 0 fully saturated rings. The molecule has 1 aromatic carbocycles. The third-order valence-electron chi connectivity index (χ3n) is 3.42. The van der Waals surface area contributed by atoms with E-state index in [0.717, 1.165) is 11.2 Å². The number of anilines is 1. The minimum Gasteiger partial charge on any atom is -0.323 e. The van der Waals surface area contributed by atoms with Gasteiger partial charge in [-0.2, -0.15) is 5.26 Å². The van der Waals surface area contributed by atoms with Crippen LogP contribution in [0.4, 0.5) is 5.69 Å². The number of halogens is 1. The van der Waals surface area contributed by atoms with Gasteiger partial charge in [0.2, 0.25) is 5.91 Å². The van der Waals surface area contributed by atoms with Crippen LogP contribution in [0.25, 0.3) is 11.7 Å². The van der Waals surface area contributed by atoms with E-state index < -0.39 is 0 Å².